The lowest BCUT2D eigenvalue weighted by atomic mass is 9.49. The molecule has 0 heterocycles. The second kappa shape index (κ2) is 7.96. The summed E-state index contributed by atoms with van der Waals surface area (Å²) >= 11 is 0. The molecule has 0 aromatic heterocycles. The minimum Gasteiger partial charge on any atom is -0.348 e. The van der Waals surface area contributed by atoms with Crippen molar-refractivity contribution in [3.8, 4) is 0 Å². The highest BCUT2D eigenvalue weighted by Crippen LogP contribution is 2.61. The quantitative estimate of drug-likeness (QED) is 0.611. The Labute approximate surface area is 178 Å². The number of hydrogen-bond acceptors (Lipinski definition) is 4. The Balaban J connectivity index is 1.25. The summed E-state index contributed by atoms with van der Waals surface area (Å²) in [5.74, 6) is 2.10. The molecule has 1 atom stereocenters. The van der Waals surface area contributed by atoms with E-state index in [0.29, 0.717) is 6.42 Å². The summed E-state index contributed by atoms with van der Waals surface area (Å²) in [6, 6.07) is 5.76. The van der Waals surface area contributed by atoms with Gasteiger partial charge in [-0.15, -0.1) is 0 Å². The SMILES string of the molecule is CC(NC(=O)CNC(=O)CC12CC3CC(CC(C3)C1)C2)c1ccc(S(N)(=O)=O)cc1. The Hall–Kier alpha value is -1.93. The molecule has 4 N–H and O–H groups in total. The van der Waals surface area contributed by atoms with Crippen molar-refractivity contribution in [1.29, 1.82) is 0 Å². The summed E-state index contributed by atoms with van der Waals surface area (Å²) in [7, 11) is -3.74. The van der Waals surface area contributed by atoms with E-state index in [1.807, 2.05) is 0 Å². The van der Waals surface area contributed by atoms with Crippen molar-refractivity contribution in [1.82, 2.24) is 10.6 Å². The van der Waals surface area contributed by atoms with Crippen molar-refractivity contribution >= 4 is 21.8 Å². The molecular formula is C22H31N3O4S. The number of nitrogens with two attached hydrogens (primary N) is 1. The van der Waals surface area contributed by atoms with E-state index in [4.69, 9.17) is 5.14 Å². The second-order valence-corrected chi connectivity index (χ2v) is 11.3. The first-order valence-electron chi connectivity index (χ1n) is 10.8. The average Bonchev–Trinajstić information content (AvgIpc) is 2.64. The number of rotatable bonds is 7. The van der Waals surface area contributed by atoms with Gasteiger partial charge in [0.2, 0.25) is 21.8 Å². The molecular weight excluding hydrogens is 402 g/mol. The molecule has 1 aromatic carbocycles. The number of hydrogen-bond donors (Lipinski definition) is 3. The molecule has 0 spiro atoms. The molecule has 4 saturated carbocycles. The summed E-state index contributed by atoms with van der Waals surface area (Å²) in [6.07, 6.45) is 8.09. The summed E-state index contributed by atoms with van der Waals surface area (Å²) in [6.45, 7) is 1.76. The van der Waals surface area contributed by atoms with Crippen molar-refractivity contribution in [3.63, 3.8) is 0 Å². The molecule has 4 bridgehead atoms. The standard InChI is InChI=1S/C22H31N3O4S/c1-14(18-2-4-19(5-3-18)30(23,28)29)25-21(27)13-24-20(26)12-22-9-15-6-16(10-22)8-17(7-15)11-22/h2-5,14-17H,6-13H2,1H3,(H,24,26)(H,25,27)(H2,23,28,29). The Morgan fingerprint density at radius 2 is 1.57 bits per heavy atom. The fraction of sp³-hybridized carbons (Fsp3) is 0.636. The van der Waals surface area contributed by atoms with Crippen LogP contribution in [0.4, 0.5) is 0 Å². The minimum absolute atomic E-state index is 0.0294. The van der Waals surface area contributed by atoms with E-state index in [2.05, 4.69) is 10.6 Å². The van der Waals surface area contributed by atoms with Gasteiger partial charge in [-0.05, 0) is 86.3 Å². The largest absolute Gasteiger partial charge is 0.348 e. The zero-order chi connectivity index (χ0) is 21.5. The number of sulfonamides is 1. The predicted octanol–water partition coefficient (Wildman–Crippen LogP) is 2.23. The monoisotopic (exact) mass is 433 g/mol. The molecule has 0 radical (unpaired) electrons. The number of primary sulfonamides is 1. The van der Waals surface area contributed by atoms with Crippen LogP contribution in [0.15, 0.2) is 29.2 Å². The van der Waals surface area contributed by atoms with Gasteiger partial charge in [-0.25, -0.2) is 13.6 Å². The van der Waals surface area contributed by atoms with Gasteiger partial charge in [-0.1, -0.05) is 12.1 Å². The topological polar surface area (TPSA) is 118 Å². The van der Waals surface area contributed by atoms with Gasteiger partial charge in [0.05, 0.1) is 17.5 Å². The molecule has 164 valence electrons. The Bertz CT molecular complexity index is 891. The lowest BCUT2D eigenvalue weighted by molar-refractivity contribution is -0.132. The Morgan fingerprint density at radius 1 is 1.03 bits per heavy atom. The van der Waals surface area contributed by atoms with E-state index >= 15 is 0 Å². The molecule has 0 saturated heterocycles. The van der Waals surface area contributed by atoms with Crippen LogP contribution in [0, 0.1) is 23.2 Å². The summed E-state index contributed by atoms with van der Waals surface area (Å²) in [5, 5.41) is 10.7. The molecule has 1 unspecified atom stereocenters. The van der Waals surface area contributed by atoms with E-state index in [-0.39, 0.29) is 34.7 Å². The van der Waals surface area contributed by atoms with Gasteiger partial charge in [0.15, 0.2) is 0 Å². The van der Waals surface area contributed by atoms with Crippen molar-refractivity contribution in [2.24, 2.45) is 28.3 Å². The van der Waals surface area contributed by atoms with Gasteiger partial charge in [-0.2, -0.15) is 0 Å². The molecule has 1 aromatic rings. The molecule has 8 heteroatoms. The Morgan fingerprint density at radius 3 is 2.07 bits per heavy atom. The van der Waals surface area contributed by atoms with Crippen LogP contribution in [0.25, 0.3) is 0 Å². The molecule has 5 rings (SSSR count). The van der Waals surface area contributed by atoms with Gasteiger partial charge >= 0.3 is 0 Å². The third-order valence-electron chi connectivity index (χ3n) is 7.23. The molecule has 7 nitrogen and oxygen atoms in total. The van der Waals surface area contributed by atoms with Crippen molar-refractivity contribution < 1.29 is 18.0 Å². The maximum Gasteiger partial charge on any atom is 0.239 e. The first kappa shape index (κ1) is 21.3. The Kier molecular flexibility index (Phi) is 5.66. The van der Waals surface area contributed by atoms with Gasteiger partial charge in [0.25, 0.3) is 0 Å². The molecule has 30 heavy (non-hydrogen) atoms. The average molecular weight is 434 g/mol. The third kappa shape index (κ3) is 4.70. The smallest absolute Gasteiger partial charge is 0.239 e. The van der Waals surface area contributed by atoms with E-state index in [1.165, 1.54) is 50.7 Å². The van der Waals surface area contributed by atoms with E-state index in [0.717, 1.165) is 23.3 Å². The van der Waals surface area contributed by atoms with Crippen molar-refractivity contribution in [3.05, 3.63) is 29.8 Å². The van der Waals surface area contributed by atoms with Gasteiger partial charge in [0, 0.05) is 6.42 Å². The van der Waals surface area contributed by atoms with Crippen LogP contribution in [0.5, 0.6) is 0 Å². The number of nitrogens with one attached hydrogen (secondary N) is 2. The van der Waals surface area contributed by atoms with E-state index in [1.54, 1.807) is 19.1 Å². The third-order valence-corrected chi connectivity index (χ3v) is 8.16. The van der Waals surface area contributed by atoms with Crippen LogP contribution >= 0.6 is 0 Å². The summed E-state index contributed by atoms with van der Waals surface area (Å²) < 4.78 is 22.7. The van der Waals surface area contributed by atoms with Crippen LogP contribution in [0.1, 0.15) is 63.5 Å². The highest BCUT2D eigenvalue weighted by molar-refractivity contribution is 7.89. The second-order valence-electron chi connectivity index (χ2n) is 9.77. The lowest BCUT2D eigenvalue weighted by Gasteiger charge is -2.56. The molecule has 4 aliphatic carbocycles. The zero-order valence-electron chi connectivity index (χ0n) is 17.4. The van der Waals surface area contributed by atoms with Crippen LogP contribution < -0.4 is 15.8 Å². The molecule has 4 fully saturated rings. The first-order valence-corrected chi connectivity index (χ1v) is 12.4. The first-order chi connectivity index (χ1) is 14.1. The van der Waals surface area contributed by atoms with Crippen LogP contribution in [0.2, 0.25) is 0 Å². The molecule has 2 amide bonds. The van der Waals surface area contributed by atoms with Crippen molar-refractivity contribution in [2.75, 3.05) is 6.54 Å². The van der Waals surface area contributed by atoms with Gasteiger partial charge in [-0.3, -0.25) is 9.59 Å². The van der Waals surface area contributed by atoms with Crippen LogP contribution in [-0.4, -0.2) is 26.8 Å². The van der Waals surface area contributed by atoms with Crippen molar-refractivity contribution in [2.45, 2.75) is 62.8 Å². The van der Waals surface area contributed by atoms with Crippen LogP contribution in [-0.2, 0) is 19.6 Å². The lowest BCUT2D eigenvalue weighted by Crippen LogP contribution is -2.48. The number of benzene rings is 1. The highest BCUT2D eigenvalue weighted by Gasteiger charge is 2.51. The number of carbonyl (C=O) groups is 2. The predicted molar refractivity (Wildman–Crippen MR) is 113 cm³/mol. The van der Waals surface area contributed by atoms with Gasteiger partial charge in [0.1, 0.15) is 0 Å². The highest BCUT2D eigenvalue weighted by atomic mass is 32.2. The van der Waals surface area contributed by atoms with E-state index in [9.17, 15) is 18.0 Å². The summed E-state index contributed by atoms with van der Waals surface area (Å²) in [4.78, 5) is 24.9. The van der Waals surface area contributed by atoms with Gasteiger partial charge < -0.3 is 10.6 Å². The number of carbonyl (C=O) groups excluding carboxylic acids is 2. The minimum atomic E-state index is -3.74. The normalized spacial score (nSPS) is 30.7. The number of amides is 2. The fourth-order valence-electron chi connectivity index (χ4n) is 6.41. The maximum absolute atomic E-state index is 12.6. The molecule has 0 aliphatic heterocycles. The van der Waals surface area contributed by atoms with E-state index < -0.39 is 10.0 Å². The van der Waals surface area contributed by atoms with Crippen LogP contribution in [0.3, 0.4) is 0 Å². The maximum atomic E-state index is 12.6. The summed E-state index contributed by atoms with van der Waals surface area (Å²) in [5.41, 5.74) is 0.920. The molecule has 4 aliphatic rings. The zero-order valence-corrected chi connectivity index (χ0v) is 18.2. The fourth-order valence-corrected chi connectivity index (χ4v) is 6.93.